The largest absolute Gasteiger partial charge is 0.417 e. The highest BCUT2D eigenvalue weighted by molar-refractivity contribution is 6.01. The summed E-state index contributed by atoms with van der Waals surface area (Å²) in [6, 6.07) is 5.89. The zero-order valence-corrected chi connectivity index (χ0v) is 17.8. The Kier molecular flexibility index (Phi) is 5.53. The third kappa shape index (κ3) is 3.91. The van der Waals surface area contributed by atoms with Crippen molar-refractivity contribution in [3.8, 4) is 11.4 Å². The van der Waals surface area contributed by atoms with Crippen molar-refractivity contribution in [3.05, 3.63) is 77.4 Å². The van der Waals surface area contributed by atoms with Crippen LogP contribution in [-0.4, -0.2) is 37.8 Å². The highest BCUT2D eigenvalue weighted by atomic mass is 19.4. The van der Waals surface area contributed by atoms with Crippen molar-refractivity contribution in [3.63, 3.8) is 0 Å². The van der Waals surface area contributed by atoms with E-state index in [9.17, 15) is 26.7 Å². The maximum absolute atomic E-state index is 14.9. The molecule has 0 N–H and O–H groups in total. The Hall–Kier alpha value is -3.43. The molecule has 2 bridgehead atoms. The molecular formula is C24H19F5N4O. The summed E-state index contributed by atoms with van der Waals surface area (Å²) in [6.45, 7) is 0. The van der Waals surface area contributed by atoms with Crippen LogP contribution in [0.5, 0.6) is 0 Å². The summed E-state index contributed by atoms with van der Waals surface area (Å²) in [4.78, 5) is 27.2. The Morgan fingerprint density at radius 3 is 2.50 bits per heavy atom. The van der Waals surface area contributed by atoms with E-state index >= 15 is 0 Å². The zero-order chi connectivity index (χ0) is 24.0. The van der Waals surface area contributed by atoms with Crippen LogP contribution in [-0.2, 0) is 12.6 Å². The second kappa shape index (κ2) is 8.41. The van der Waals surface area contributed by atoms with Crippen molar-refractivity contribution in [2.45, 2.75) is 43.9 Å². The zero-order valence-electron chi connectivity index (χ0n) is 17.8. The topological polar surface area (TPSA) is 59.0 Å². The number of hydrogen-bond acceptors (Lipinski definition) is 4. The fourth-order valence-corrected chi connectivity index (χ4v) is 5.16. The van der Waals surface area contributed by atoms with Crippen LogP contribution in [0.1, 0.15) is 40.9 Å². The second-order valence-electron chi connectivity index (χ2n) is 8.60. The van der Waals surface area contributed by atoms with Gasteiger partial charge >= 0.3 is 6.18 Å². The van der Waals surface area contributed by atoms with Crippen molar-refractivity contribution < 1.29 is 26.7 Å². The van der Waals surface area contributed by atoms with Gasteiger partial charge in [-0.15, -0.1) is 0 Å². The molecule has 0 radical (unpaired) electrons. The molecule has 5 nitrogen and oxygen atoms in total. The third-order valence-corrected chi connectivity index (χ3v) is 6.63. The quantitative estimate of drug-likeness (QED) is 0.496. The molecule has 0 spiro atoms. The van der Waals surface area contributed by atoms with Gasteiger partial charge in [-0.3, -0.25) is 9.78 Å². The highest BCUT2D eigenvalue weighted by Crippen LogP contribution is 2.44. The molecule has 1 amide bonds. The minimum atomic E-state index is -4.68. The lowest BCUT2D eigenvalue weighted by molar-refractivity contribution is -0.138. The Morgan fingerprint density at radius 1 is 1.03 bits per heavy atom. The van der Waals surface area contributed by atoms with Gasteiger partial charge in [-0.1, -0.05) is 12.1 Å². The monoisotopic (exact) mass is 474 g/mol. The Labute approximate surface area is 191 Å². The highest BCUT2D eigenvalue weighted by Gasteiger charge is 2.49. The summed E-state index contributed by atoms with van der Waals surface area (Å²) >= 11 is 0. The Bertz CT molecular complexity index is 1230. The van der Waals surface area contributed by atoms with Gasteiger partial charge in [0.15, 0.2) is 5.82 Å². The van der Waals surface area contributed by atoms with Crippen molar-refractivity contribution in [1.29, 1.82) is 0 Å². The standard InChI is InChI=1S/C24H19F5N4O/c25-17-4-1-3-16(22-30-7-2-8-31-22)21(17)23(34)33-15-5-6-20(33)13(9-15)10-19-18(26)11-14(12-32-19)24(27,28)29/h1-4,7-8,11-13,15,20H,5-6,9-10H2. The third-order valence-electron chi connectivity index (χ3n) is 6.63. The molecule has 2 aliphatic rings. The second-order valence-corrected chi connectivity index (χ2v) is 8.60. The van der Waals surface area contributed by atoms with Gasteiger partial charge in [-0.2, -0.15) is 13.2 Å². The van der Waals surface area contributed by atoms with Gasteiger partial charge in [-0.25, -0.2) is 18.7 Å². The predicted octanol–water partition coefficient (Wildman–Crippen LogP) is 5.07. The van der Waals surface area contributed by atoms with Crippen LogP contribution >= 0.6 is 0 Å². The van der Waals surface area contributed by atoms with Gasteiger partial charge in [0.25, 0.3) is 5.91 Å². The summed E-state index contributed by atoms with van der Waals surface area (Å²) in [6.07, 6.45) is 0.967. The lowest BCUT2D eigenvalue weighted by Crippen LogP contribution is -2.37. The summed E-state index contributed by atoms with van der Waals surface area (Å²) < 4.78 is 67.8. The van der Waals surface area contributed by atoms with Crippen LogP contribution < -0.4 is 0 Å². The predicted molar refractivity (Wildman–Crippen MR) is 111 cm³/mol. The van der Waals surface area contributed by atoms with E-state index in [1.165, 1.54) is 24.5 Å². The number of hydrogen-bond donors (Lipinski definition) is 0. The number of halogens is 5. The average Bonchev–Trinajstić information content (AvgIpc) is 3.37. The van der Waals surface area contributed by atoms with E-state index in [2.05, 4.69) is 15.0 Å². The van der Waals surface area contributed by atoms with Gasteiger partial charge in [0, 0.05) is 36.2 Å². The molecule has 2 fully saturated rings. The average molecular weight is 474 g/mol. The van der Waals surface area contributed by atoms with Crippen LogP contribution in [0.3, 0.4) is 0 Å². The van der Waals surface area contributed by atoms with Gasteiger partial charge < -0.3 is 4.90 Å². The number of rotatable bonds is 4. The number of alkyl halides is 3. The lowest BCUT2D eigenvalue weighted by atomic mass is 9.85. The molecule has 3 aromatic rings. The summed E-state index contributed by atoms with van der Waals surface area (Å²) in [5.41, 5.74) is -1.05. The molecule has 2 aliphatic heterocycles. The van der Waals surface area contributed by atoms with Crippen molar-refractivity contribution in [2.75, 3.05) is 0 Å². The smallest absolute Gasteiger partial charge is 0.332 e. The molecule has 0 saturated carbocycles. The number of nitrogens with zero attached hydrogens (tertiary/aromatic N) is 4. The normalized spacial score (nSPS) is 21.8. The number of pyridine rings is 1. The van der Waals surface area contributed by atoms with E-state index in [-0.39, 0.29) is 47.1 Å². The van der Waals surface area contributed by atoms with E-state index in [4.69, 9.17) is 0 Å². The maximum atomic E-state index is 14.9. The molecule has 2 aromatic heterocycles. The van der Waals surface area contributed by atoms with E-state index in [1.807, 2.05) is 0 Å². The molecule has 0 aliphatic carbocycles. The first kappa shape index (κ1) is 22.4. The molecule has 4 heterocycles. The lowest BCUT2D eigenvalue weighted by Gasteiger charge is -2.25. The maximum Gasteiger partial charge on any atom is 0.417 e. The molecule has 2 saturated heterocycles. The van der Waals surface area contributed by atoms with Crippen LogP contribution in [0.15, 0.2) is 48.9 Å². The number of carbonyl (C=O) groups is 1. The molecule has 10 heteroatoms. The molecular weight excluding hydrogens is 455 g/mol. The first-order valence-corrected chi connectivity index (χ1v) is 10.8. The fourth-order valence-electron chi connectivity index (χ4n) is 5.16. The van der Waals surface area contributed by atoms with Gasteiger partial charge in [0.1, 0.15) is 11.6 Å². The number of amides is 1. The van der Waals surface area contributed by atoms with Crippen LogP contribution in [0.25, 0.3) is 11.4 Å². The molecule has 176 valence electrons. The van der Waals surface area contributed by atoms with Crippen LogP contribution in [0.4, 0.5) is 22.0 Å². The number of aromatic nitrogens is 3. The summed E-state index contributed by atoms with van der Waals surface area (Å²) in [7, 11) is 0. The van der Waals surface area contributed by atoms with Crippen molar-refractivity contribution in [1.82, 2.24) is 19.9 Å². The van der Waals surface area contributed by atoms with E-state index < -0.39 is 29.3 Å². The summed E-state index contributed by atoms with van der Waals surface area (Å²) in [5.74, 6) is -2.16. The Balaban J connectivity index is 1.41. The minimum Gasteiger partial charge on any atom is -0.332 e. The fraction of sp³-hybridized carbons (Fsp3) is 0.333. The first-order valence-electron chi connectivity index (χ1n) is 10.8. The van der Waals surface area contributed by atoms with Crippen LogP contribution in [0, 0.1) is 17.6 Å². The van der Waals surface area contributed by atoms with Gasteiger partial charge in [-0.05, 0) is 49.8 Å². The van der Waals surface area contributed by atoms with Gasteiger partial charge in [0.2, 0.25) is 0 Å². The van der Waals surface area contributed by atoms with Crippen molar-refractivity contribution >= 4 is 5.91 Å². The summed E-state index contributed by atoms with van der Waals surface area (Å²) in [5, 5.41) is 0. The number of carbonyl (C=O) groups excluding carboxylic acids is 1. The van der Waals surface area contributed by atoms with Crippen LogP contribution in [0.2, 0.25) is 0 Å². The molecule has 34 heavy (non-hydrogen) atoms. The SMILES string of the molecule is O=C(c1c(F)cccc1-c1ncccn1)N1C2CCC1C(Cc1ncc(C(F)(F)F)cc1F)C2. The van der Waals surface area contributed by atoms with Gasteiger partial charge in [0.05, 0.1) is 16.8 Å². The number of fused-ring (bicyclic) bond motifs is 2. The number of benzene rings is 1. The molecule has 3 unspecified atom stereocenters. The Morgan fingerprint density at radius 2 is 1.79 bits per heavy atom. The molecule has 3 atom stereocenters. The minimum absolute atomic E-state index is 0.0674. The van der Waals surface area contributed by atoms with E-state index in [0.717, 1.165) is 6.42 Å². The van der Waals surface area contributed by atoms with E-state index in [1.54, 1.807) is 17.0 Å². The van der Waals surface area contributed by atoms with Crippen molar-refractivity contribution in [2.24, 2.45) is 5.92 Å². The first-order chi connectivity index (χ1) is 16.2. The molecule has 5 rings (SSSR count). The molecule has 1 aromatic carbocycles. The van der Waals surface area contributed by atoms with E-state index in [0.29, 0.717) is 25.1 Å².